The van der Waals surface area contributed by atoms with Crippen LogP contribution in [0, 0.1) is 7.14 Å². The molecule has 1 aliphatic heterocycles. The van der Waals surface area contributed by atoms with Gasteiger partial charge in [-0.15, -0.1) is 0 Å². The van der Waals surface area contributed by atoms with Gasteiger partial charge in [0, 0.05) is 5.69 Å². The van der Waals surface area contributed by atoms with Gasteiger partial charge in [0.15, 0.2) is 0 Å². The van der Waals surface area contributed by atoms with Crippen LogP contribution in [0.2, 0.25) is 0 Å². The topological polar surface area (TPSA) is 87.7 Å². The summed E-state index contributed by atoms with van der Waals surface area (Å²) in [5.41, 5.74) is 2.53. The van der Waals surface area contributed by atoms with Gasteiger partial charge < -0.3 is 15.4 Å². The third-order valence-electron chi connectivity index (χ3n) is 4.47. The molecular formula is C21H19I2N3O4. The lowest BCUT2D eigenvalue weighted by molar-refractivity contribution is -0.127. The molecule has 0 atom stereocenters. The summed E-state index contributed by atoms with van der Waals surface area (Å²) in [6.45, 7) is 1.62. The van der Waals surface area contributed by atoms with E-state index < -0.39 is 17.8 Å². The lowest BCUT2D eigenvalue weighted by Crippen LogP contribution is -2.38. The smallest absolute Gasteiger partial charge is 0.329 e. The molecule has 0 aliphatic carbocycles. The van der Waals surface area contributed by atoms with Crippen LogP contribution in [0.4, 0.5) is 10.5 Å². The number of ether oxygens (including phenoxy) is 1. The van der Waals surface area contributed by atoms with Crippen molar-refractivity contribution < 1.29 is 19.1 Å². The first kappa shape index (κ1) is 22.5. The Morgan fingerprint density at radius 3 is 2.50 bits per heavy atom. The fourth-order valence-corrected chi connectivity index (χ4v) is 5.28. The van der Waals surface area contributed by atoms with E-state index in [9.17, 15) is 14.4 Å². The minimum absolute atomic E-state index is 0.124. The summed E-state index contributed by atoms with van der Waals surface area (Å²) >= 11 is 4.30. The number of nitrogens with zero attached hydrogens (tertiary/aromatic N) is 1. The molecule has 1 saturated heterocycles. The first-order valence-corrected chi connectivity index (χ1v) is 11.2. The van der Waals surface area contributed by atoms with Crippen molar-refractivity contribution >= 4 is 74.8 Å². The quantitative estimate of drug-likeness (QED) is 0.287. The third-order valence-corrected chi connectivity index (χ3v) is 6.07. The number of para-hydroxylation sites is 1. The number of hydrogen-bond donors (Lipinski definition) is 2. The summed E-state index contributed by atoms with van der Waals surface area (Å²) in [4.78, 5) is 38.3. The predicted octanol–water partition coefficient (Wildman–Crippen LogP) is 4.00. The van der Waals surface area contributed by atoms with Crippen LogP contribution < -0.4 is 15.4 Å². The van der Waals surface area contributed by atoms with Crippen molar-refractivity contribution in [1.82, 2.24) is 10.2 Å². The Hall–Kier alpha value is -2.15. The van der Waals surface area contributed by atoms with E-state index in [0.29, 0.717) is 5.69 Å². The van der Waals surface area contributed by atoms with Gasteiger partial charge >= 0.3 is 6.03 Å². The predicted molar refractivity (Wildman–Crippen MR) is 131 cm³/mol. The number of imide groups is 1. The van der Waals surface area contributed by atoms with E-state index in [1.807, 2.05) is 37.3 Å². The SMILES string of the molecule is CCc1ccccc1NC(=O)CN1C(=O)N/C(=C/c2cc(I)c(OC)c(I)c2)C1=O. The van der Waals surface area contributed by atoms with Crippen LogP contribution in [0.15, 0.2) is 42.1 Å². The van der Waals surface area contributed by atoms with E-state index >= 15 is 0 Å². The van der Waals surface area contributed by atoms with Crippen LogP contribution in [-0.4, -0.2) is 36.4 Å². The second-order valence-electron chi connectivity index (χ2n) is 6.46. The van der Waals surface area contributed by atoms with Crippen LogP contribution in [0.3, 0.4) is 0 Å². The molecule has 4 amide bonds. The minimum Gasteiger partial charge on any atom is -0.495 e. The summed E-state index contributed by atoms with van der Waals surface area (Å²) in [5, 5.41) is 5.32. The molecule has 0 saturated carbocycles. The molecule has 30 heavy (non-hydrogen) atoms. The van der Waals surface area contributed by atoms with Gasteiger partial charge in [0.25, 0.3) is 5.91 Å². The number of nitrogens with one attached hydrogen (secondary N) is 2. The van der Waals surface area contributed by atoms with Gasteiger partial charge in [-0.1, -0.05) is 25.1 Å². The molecule has 1 fully saturated rings. The van der Waals surface area contributed by atoms with E-state index in [-0.39, 0.29) is 12.2 Å². The number of hydrogen-bond acceptors (Lipinski definition) is 4. The Labute approximate surface area is 201 Å². The highest BCUT2D eigenvalue weighted by molar-refractivity contribution is 14.1. The van der Waals surface area contributed by atoms with Crippen molar-refractivity contribution in [3.63, 3.8) is 0 Å². The molecule has 2 N–H and O–H groups in total. The Balaban J connectivity index is 1.75. The Bertz CT molecular complexity index is 1030. The normalized spacial score (nSPS) is 14.8. The zero-order valence-corrected chi connectivity index (χ0v) is 20.6. The Morgan fingerprint density at radius 2 is 1.87 bits per heavy atom. The standard InChI is InChI=1S/C21H19I2N3O4/c1-3-13-6-4-5-7-16(13)24-18(27)11-26-20(28)17(25-21(26)29)10-12-8-14(22)19(30-2)15(23)9-12/h4-10H,3,11H2,1-2H3,(H,24,27)(H,25,29)/b17-10+. The van der Waals surface area contributed by atoms with Crippen LogP contribution in [-0.2, 0) is 16.0 Å². The minimum atomic E-state index is -0.622. The molecule has 2 aromatic rings. The number of aryl methyl sites for hydroxylation is 1. The van der Waals surface area contributed by atoms with E-state index in [1.54, 1.807) is 19.3 Å². The number of carbonyl (C=O) groups is 3. The maximum absolute atomic E-state index is 12.7. The second kappa shape index (κ2) is 9.77. The zero-order valence-electron chi connectivity index (χ0n) is 16.3. The van der Waals surface area contributed by atoms with Gasteiger partial charge in [-0.3, -0.25) is 9.59 Å². The summed E-state index contributed by atoms with van der Waals surface area (Å²) < 4.78 is 7.11. The lowest BCUT2D eigenvalue weighted by atomic mass is 10.1. The van der Waals surface area contributed by atoms with Gasteiger partial charge in [-0.05, 0) is 87.0 Å². The van der Waals surface area contributed by atoms with Gasteiger partial charge in [0.1, 0.15) is 18.0 Å². The zero-order chi connectivity index (χ0) is 21.8. The number of anilines is 1. The van der Waals surface area contributed by atoms with Gasteiger partial charge in [0.2, 0.25) is 5.91 Å². The van der Waals surface area contributed by atoms with Crippen LogP contribution in [0.25, 0.3) is 6.08 Å². The summed E-state index contributed by atoms with van der Waals surface area (Å²) in [6, 6.07) is 10.5. The highest BCUT2D eigenvalue weighted by Crippen LogP contribution is 2.29. The van der Waals surface area contributed by atoms with E-state index in [2.05, 4.69) is 55.8 Å². The Morgan fingerprint density at radius 1 is 1.20 bits per heavy atom. The Kier molecular flexibility index (Phi) is 7.34. The number of halogens is 2. The largest absolute Gasteiger partial charge is 0.495 e. The lowest BCUT2D eigenvalue weighted by Gasteiger charge is -2.13. The molecule has 0 aromatic heterocycles. The van der Waals surface area contributed by atoms with Crippen LogP contribution >= 0.6 is 45.2 Å². The van der Waals surface area contributed by atoms with Gasteiger partial charge in [-0.25, -0.2) is 9.69 Å². The fourth-order valence-electron chi connectivity index (χ4n) is 3.02. The highest BCUT2D eigenvalue weighted by Gasteiger charge is 2.35. The molecular weight excluding hydrogens is 612 g/mol. The molecule has 1 heterocycles. The molecule has 7 nitrogen and oxygen atoms in total. The molecule has 1 aliphatic rings. The van der Waals surface area contributed by atoms with Crippen molar-refractivity contribution in [3.8, 4) is 5.75 Å². The fraction of sp³-hybridized carbons (Fsp3) is 0.190. The second-order valence-corrected chi connectivity index (χ2v) is 8.78. The highest BCUT2D eigenvalue weighted by atomic mass is 127. The molecule has 9 heteroatoms. The van der Waals surface area contributed by atoms with Crippen LogP contribution in [0.5, 0.6) is 5.75 Å². The number of urea groups is 1. The number of rotatable bonds is 6. The maximum Gasteiger partial charge on any atom is 0.329 e. The summed E-state index contributed by atoms with van der Waals surface area (Å²) in [5.74, 6) is -0.222. The maximum atomic E-state index is 12.7. The average Bonchev–Trinajstić information content (AvgIpc) is 2.95. The van der Waals surface area contributed by atoms with Gasteiger partial charge in [-0.2, -0.15) is 0 Å². The first-order valence-electron chi connectivity index (χ1n) is 9.09. The van der Waals surface area contributed by atoms with Crippen molar-refractivity contribution in [2.75, 3.05) is 19.0 Å². The summed E-state index contributed by atoms with van der Waals surface area (Å²) in [7, 11) is 1.60. The van der Waals surface area contributed by atoms with Crippen LogP contribution in [0.1, 0.15) is 18.1 Å². The van der Waals surface area contributed by atoms with Crippen molar-refractivity contribution in [1.29, 1.82) is 0 Å². The first-order chi connectivity index (χ1) is 14.3. The van der Waals surface area contributed by atoms with E-state index in [4.69, 9.17) is 4.74 Å². The number of methoxy groups -OCH3 is 1. The number of benzene rings is 2. The molecule has 0 radical (unpaired) electrons. The molecule has 3 rings (SSSR count). The molecule has 0 bridgehead atoms. The monoisotopic (exact) mass is 631 g/mol. The third kappa shape index (κ3) is 4.94. The molecule has 2 aromatic carbocycles. The number of carbonyl (C=O) groups excluding carboxylic acids is 3. The van der Waals surface area contributed by atoms with Crippen molar-refractivity contribution in [2.24, 2.45) is 0 Å². The number of amides is 4. The average molecular weight is 631 g/mol. The molecule has 0 spiro atoms. The molecule has 156 valence electrons. The summed E-state index contributed by atoms with van der Waals surface area (Å²) in [6.07, 6.45) is 2.35. The van der Waals surface area contributed by atoms with Crippen molar-refractivity contribution in [3.05, 3.63) is 60.4 Å². The van der Waals surface area contributed by atoms with Crippen molar-refractivity contribution in [2.45, 2.75) is 13.3 Å². The van der Waals surface area contributed by atoms with E-state index in [0.717, 1.165) is 35.3 Å². The molecule has 0 unspecified atom stereocenters. The van der Waals surface area contributed by atoms with E-state index in [1.165, 1.54) is 0 Å². The van der Waals surface area contributed by atoms with Gasteiger partial charge in [0.05, 0.1) is 14.3 Å².